The fourth-order valence-corrected chi connectivity index (χ4v) is 2.53. The summed E-state index contributed by atoms with van der Waals surface area (Å²) >= 11 is 0. The highest BCUT2D eigenvalue weighted by Crippen LogP contribution is 2.20. The summed E-state index contributed by atoms with van der Waals surface area (Å²) in [7, 11) is 3.45. The fourth-order valence-electron chi connectivity index (χ4n) is 2.53. The Bertz CT molecular complexity index is 701. The number of methoxy groups -OCH3 is 1. The van der Waals surface area contributed by atoms with E-state index in [2.05, 4.69) is 36.5 Å². The van der Waals surface area contributed by atoms with Crippen LogP contribution in [0.15, 0.2) is 48.5 Å². The minimum atomic E-state index is -0.143. The van der Waals surface area contributed by atoms with Gasteiger partial charge in [0.1, 0.15) is 0 Å². The molecular formula is C21H28N2O3. The molecule has 5 nitrogen and oxygen atoms in total. The summed E-state index contributed by atoms with van der Waals surface area (Å²) in [6, 6.07) is 15.8. The maximum absolute atomic E-state index is 12.6. The summed E-state index contributed by atoms with van der Waals surface area (Å²) in [5.41, 5.74) is 4.07. The monoisotopic (exact) mass is 356 g/mol. The lowest BCUT2D eigenvalue weighted by Gasteiger charge is -2.26. The zero-order chi connectivity index (χ0) is 18.9. The van der Waals surface area contributed by atoms with E-state index in [0.29, 0.717) is 19.8 Å². The fraction of sp³-hybridized carbons (Fsp3) is 0.381. The van der Waals surface area contributed by atoms with E-state index in [-0.39, 0.29) is 12.1 Å². The molecule has 0 aliphatic rings. The van der Waals surface area contributed by atoms with Gasteiger partial charge in [0.05, 0.1) is 25.9 Å². The summed E-state index contributed by atoms with van der Waals surface area (Å²) in [4.78, 5) is 14.3. The second-order valence-electron chi connectivity index (χ2n) is 6.37. The van der Waals surface area contributed by atoms with Crippen molar-refractivity contribution in [3.05, 3.63) is 65.2 Å². The van der Waals surface area contributed by atoms with Crippen molar-refractivity contribution in [2.75, 3.05) is 32.7 Å². The van der Waals surface area contributed by atoms with Crippen molar-refractivity contribution in [3.63, 3.8) is 0 Å². The van der Waals surface area contributed by atoms with Crippen LogP contribution in [0, 0.1) is 6.92 Å². The Morgan fingerprint density at radius 3 is 2.58 bits per heavy atom. The predicted octanol–water partition coefficient (Wildman–Crippen LogP) is 4.38. The molecule has 140 valence electrons. The Kier molecular flexibility index (Phi) is 7.63. The highest BCUT2D eigenvalue weighted by molar-refractivity contribution is 5.89. The molecule has 5 heteroatoms. The molecule has 0 aliphatic carbocycles. The third-order valence-electron chi connectivity index (χ3n) is 4.34. The second-order valence-corrected chi connectivity index (χ2v) is 6.37. The van der Waals surface area contributed by atoms with Gasteiger partial charge >= 0.3 is 6.03 Å². The molecule has 0 fully saturated rings. The van der Waals surface area contributed by atoms with Crippen LogP contribution in [-0.2, 0) is 16.1 Å². The van der Waals surface area contributed by atoms with Crippen molar-refractivity contribution >= 4 is 11.7 Å². The molecule has 0 radical (unpaired) electrons. The van der Waals surface area contributed by atoms with Crippen LogP contribution in [-0.4, -0.2) is 38.3 Å². The second kappa shape index (κ2) is 9.94. The minimum Gasteiger partial charge on any atom is -0.382 e. The van der Waals surface area contributed by atoms with Crippen molar-refractivity contribution in [1.82, 2.24) is 4.90 Å². The summed E-state index contributed by atoms with van der Waals surface area (Å²) in [6.45, 7) is 5.67. The number of urea groups is 1. The first-order valence-corrected chi connectivity index (χ1v) is 8.77. The molecule has 0 spiro atoms. The quantitative estimate of drug-likeness (QED) is 0.714. The Hall–Kier alpha value is -2.37. The van der Waals surface area contributed by atoms with Gasteiger partial charge in [-0.05, 0) is 37.1 Å². The van der Waals surface area contributed by atoms with Crippen LogP contribution in [0.25, 0.3) is 0 Å². The molecule has 0 bridgehead atoms. The highest BCUT2D eigenvalue weighted by Gasteiger charge is 2.17. The molecule has 2 aromatic carbocycles. The zero-order valence-corrected chi connectivity index (χ0v) is 16.0. The predicted molar refractivity (Wildman–Crippen MR) is 104 cm³/mol. The van der Waals surface area contributed by atoms with Crippen molar-refractivity contribution < 1.29 is 14.3 Å². The number of anilines is 1. The molecule has 0 saturated heterocycles. The van der Waals surface area contributed by atoms with Gasteiger partial charge in [0.2, 0.25) is 0 Å². The van der Waals surface area contributed by atoms with E-state index in [1.165, 1.54) is 5.56 Å². The van der Waals surface area contributed by atoms with E-state index in [1.807, 2.05) is 31.2 Å². The van der Waals surface area contributed by atoms with Gasteiger partial charge in [0.25, 0.3) is 0 Å². The maximum Gasteiger partial charge on any atom is 0.322 e. The van der Waals surface area contributed by atoms with Crippen LogP contribution in [0.1, 0.15) is 29.7 Å². The highest BCUT2D eigenvalue weighted by atomic mass is 16.5. The number of ether oxygens (including phenoxy) is 2. The Morgan fingerprint density at radius 2 is 1.88 bits per heavy atom. The van der Waals surface area contributed by atoms with E-state index < -0.39 is 0 Å². The molecule has 26 heavy (non-hydrogen) atoms. The van der Waals surface area contributed by atoms with Gasteiger partial charge in [-0.15, -0.1) is 0 Å². The normalized spacial score (nSPS) is 11.8. The van der Waals surface area contributed by atoms with Gasteiger partial charge in [-0.25, -0.2) is 4.79 Å². The van der Waals surface area contributed by atoms with Gasteiger partial charge in [-0.2, -0.15) is 0 Å². The van der Waals surface area contributed by atoms with Crippen molar-refractivity contribution in [2.24, 2.45) is 0 Å². The number of amides is 2. The molecule has 2 rings (SSSR count). The number of aryl methyl sites for hydroxylation is 1. The van der Waals surface area contributed by atoms with Crippen LogP contribution in [0.3, 0.4) is 0 Å². The average Bonchev–Trinajstić information content (AvgIpc) is 2.65. The summed E-state index contributed by atoms with van der Waals surface area (Å²) < 4.78 is 10.5. The minimum absolute atomic E-state index is 0.0174. The van der Waals surface area contributed by atoms with Crippen molar-refractivity contribution in [1.29, 1.82) is 0 Å². The Balaban J connectivity index is 1.94. The number of carbonyl (C=O) groups excluding carboxylic acids is 1. The molecule has 0 aliphatic heterocycles. The maximum atomic E-state index is 12.6. The SMILES string of the molecule is COCCOCc1cccc(NC(=O)N(C)C(C)c2ccc(C)cc2)c1. The van der Waals surface area contributed by atoms with Gasteiger partial charge in [0, 0.05) is 19.8 Å². The smallest absolute Gasteiger partial charge is 0.322 e. The summed E-state index contributed by atoms with van der Waals surface area (Å²) in [5, 5.41) is 2.95. The first kappa shape index (κ1) is 19.9. The van der Waals surface area contributed by atoms with E-state index in [1.54, 1.807) is 19.1 Å². The molecule has 2 amide bonds. The summed E-state index contributed by atoms with van der Waals surface area (Å²) in [5.74, 6) is 0. The number of benzene rings is 2. The number of nitrogens with zero attached hydrogens (tertiary/aromatic N) is 1. The van der Waals surface area contributed by atoms with E-state index in [4.69, 9.17) is 9.47 Å². The molecule has 0 saturated carbocycles. The lowest BCUT2D eigenvalue weighted by atomic mass is 10.1. The Morgan fingerprint density at radius 1 is 1.15 bits per heavy atom. The molecule has 1 unspecified atom stereocenters. The van der Waals surface area contributed by atoms with E-state index in [0.717, 1.165) is 16.8 Å². The van der Waals surface area contributed by atoms with Crippen LogP contribution in [0.2, 0.25) is 0 Å². The summed E-state index contributed by atoms with van der Waals surface area (Å²) in [6.07, 6.45) is 0. The number of nitrogens with one attached hydrogen (secondary N) is 1. The van der Waals surface area contributed by atoms with E-state index in [9.17, 15) is 4.79 Å². The number of carbonyl (C=O) groups is 1. The topological polar surface area (TPSA) is 50.8 Å². The van der Waals surface area contributed by atoms with E-state index >= 15 is 0 Å². The molecule has 0 aromatic heterocycles. The lowest BCUT2D eigenvalue weighted by Crippen LogP contribution is -2.33. The molecule has 1 atom stereocenters. The number of rotatable bonds is 8. The molecular weight excluding hydrogens is 328 g/mol. The molecule has 2 aromatic rings. The first-order valence-electron chi connectivity index (χ1n) is 8.77. The number of hydrogen-bond acceptors (Lipinski definition) is 3. The van der Waals surface area contributed by atoms with Crippen LogP contribution < -0.4 is 5.32 Å². The van der Waals surface area contributed by atoms with Gasteiger partial charge in [0.15, 0.2) is 0 Å². The van der Waals surface area contributed by atoms with Gasteiger partial charge < -0.3 is 19.7 Å². The van der Waals surface area contributed by atoms with Crippen molar-refractivity contribution in [3.8, 4) is 0 Å². The van der Waals surface area contributed by atoms with Gasteiger partial charge in [-0.3, -0.25) is 0 Å². The molecule has 1 N–H and O–H groups in total. The first-order chi connectivity index (χ1) is 12.5. The van der Waals surface area contributed by atoms with Crippen LogP contribution in [0.5, 0.6) is 0 Å². The molecule has 0 heterocycles. The number of hydrogen-bond donors (Lipinski definition) is 1. The lowest BCUT2D eigenvalue weighted by molar-refractivity contribution is 0.0617. The van der Waals surface area contributed by atoms with Crippen LogP contribution >= 0.6 is 0 Å². The third-order valence-corrected chi connectivity index (χ3v) is 4.34. The zero-order valence-electron chi connectivity index (χ0n) is 16.0. The van der Waals surface area contributed by atoms with Crippen LogP contribution in [0.4, 0.5) is 10.5 Å². The average molecular weight is 356 g/mol. The largest absolute Gasteiger partial charge is 0.382 e. The van der Waals surface area contributed by atoms with Crippen molar-refractivity contribution in [2.45, 2.75) is 26.5 Å². The Labute approximate surface area is 155 Å². The standard InChI is InChI=1S/C21H28N2O3/c1-16-8-10-19(11-9-16)17(2)23(3)21(24)22-20-7-5-6-18(14-20)15-26-13-12-25-4/h5-11,14,17H,12-13,15H2,1-4H3,(H,22,24). The van der Waals surface area contributed by atoms with Gasteiger partial charge in [-0.1, -0.05) is 42.0 Å². The third kappa shape index (κ3) is 5.86.